The van der Waals surface area contributed by atoms with Gasteiger partial charge in [0.05, 0.1) is 6.04 Å². The molecule has 26 heavy (non-hydrogen) atoms. The van der Waals surface area contributed by atoms with E-state index in [0.717, 1.165) is 23.1 Å². The van der Waals surface area contributed by atoms with Crippen molar-refractivity contribution in [1.29, 1.82) is 0 Å². The number of hydrogen-bond donors (Lipinski definition) is 1. The number of carbonyl (C=O) groups is 2. The van der Waals surface area contributed by atoms with Gasteiger partial charge < -0.3 is 10.2 Å². The first-order valence-electron chi connectivity index (χ1n) is 9.40. The Morgan fingerprint density at radius 1 is 1.12 bits per heavy atom. The minimum atomic E-state index is -0.0140. The molecule has 2 aromatic carbocycles. The maximum absolute atomic E-state index is 12.4. The van der Waals surface area contributed by atoms with Crippen LogP contribution in [0.25, 0.3) is 0 Å². The summed E-state index contributed by atoms with van der Waals surface area (Å²) in [5.41, 5.74) is 5.83. The van der Waals surface area contributed by atoms with Gasteiger partial charge in [-0.3, -0.25) is 9.59 Å². The molecule has 2 aromatic rings. The van der Waals surface area contributed by atoms with Crippen molar-refractivity contribution in [2.24, 2.45) is 0 Å². The second-order valence-corrected chi connectivity index (χ2v) is 7.30. The predicted octanol–water partition coefficient (Wildman–Crippen LogP) is 3.40. The lowest BCUT2D eigenvalue weighted by Gasteiger charge is -2.18. The molecule has 1 unspecified atom stereocenters. The molecular formula is C22H24N2O2. The van der Waals surface area contributed by atoms with Gasteiger partial charge in [0.15, 0.2) is 0 Å². The topological polar surface area (TPSA) is 49.4 Å². The summed E-state index contributed by atoms with van der Waals surface area (Å²) in [6.45, 7) is 3.07. The van der Waals surface area contributed by atoms with E-state index in [1.807, 2.05) is 31.2 Å². The number of aryl methyl sites for hydroxylation is 2. The van der Waals surface area contributed by atoms with Gasteiger partial charge in [-0.25, -0.2) is 0 Å². The van der Waals surface area contributed by atoms with Crippen LogP contribution in [0.4, 0.5) is 0 Å². The number of benzene rings is 2. The van der Waals surface area contributed by atoms with Crippen LogP contribution in [0.15, 0.2) is 42.5 Å². The fourth-order valence-electron chi connectivity index (χ4n) is 3.99. The highest BCUT2D eigenvalue weighted by atomic mass is 16.2. The van der Waals surface area contributed by atoms with Crippen molar-refractivity contribution in [3.05, 3.63) is 70.3 Å². The molecule has 1 aliphatic heterocycles. The lowest BCUT2D eigenvalue weighted by atomic mass is 10.0. The van der Waals surface area contributed by atoms with Crippen LogP contribution in [0.1, 0.15) is 58.4 Å². The van der Waals surface area contributed by atoms with Crippen LogP contribution in [-0.2, 0) is 24.2 Å². The minimum Gasteiger partial charge on any atom is -0.350 e. The van der Waals surface area contributed by atoms with Gasteiger partial charge in [-0.2, -0.15) is 0 Å². The third-order valence-corrected chi connectivity index (χ3v) is 5.51. The fraction of sp³-hybridized carbons (Fsp3) is 0.364. The zero-order valence-corrected chi connectivity index (χ0v) is 15.1. The first-order valence-corrected chi connectivity index (χ1v) is 9.40. The summed E-state index contributed by atoms with van der Waals surface area (Å²) in [6.07, 6.45) is 3.87. The Morgan fingerprint density at radius 2 is 1.92 bits per heavy atom. The molecule has 1 atom stereocenters. The number of carbonyl (C=O) groups excluding carboxylic acids is 2. The van der Waals surface area contributed by atoms with E-state index >= 15 is 0 Å². The van der Waals surface area contributed by atoms with Crippen LogP contribution in [0.2, 0.25) is 0 Å². The molecule has 2 amide bonds. The molecule has 1 N–H and O–H groups in total. The van der Waals surface area contributed by atoms with Crippen molar-refractivity contribution in [2.45, 2.75) is 45.2 Å². The predicted molar refractivity (Wildman–Crippen MR) is 101 cm³/mol. The Kier molecular flexibility index (Phi) is 4.49. The summed E-state index contributed by atoms with van der Waals surface area (Å²) in [4.78, 5) is 26.5. The highest BCUT2D eigenvalue weighted by molar-refractivity contribution is 5.98. The van der Waals surface area contributed by atoms with Crippen LogP contribution < -0.4 is 5.32 Å². The Balaban J connectivity index is 1.31. The molecule has 0 radical (unpaired) electrons. The monoisotopic (exact) mass is 348 g/mol. The molecule has 4 heteroatoms. The maximum Gasteiger partial charge on any atom is 0.254 e. The van der Waals surface area contributed by atoms with E-state index in [2.05, 4.69) is 23.5 Å². The molecule has 4 nitrogen and oxygen atoms in total. The standard InChI is InChI=1S/C22H24N2O2/c1-15(17-10-9-16-6-4-7-18(16)13-17)23-21(25)11-12-24-14-19-5-2-3-8-20(19)22(24)26/h2-3,5,8-10,13,15H,4,6-7,11-12,14H2,1H3,(H,23,25). The summed E-state index contributed by atoms with van der Waals surface area (Å²) >= 11 is 0. The van der Waals surface area contributed by atoms with Crippen molar-refractivity contribution >= 4 is 11.8 Å². The van der Waals surface area contributed by atoms with Crippen molar-refractivity contribution in [3.8, 4) is 0 Å². The summed E-state index contributed by atoms with van der Waals surface area (Å²) in [6, 6.07) is 14.2. The van der Waals surface area contributed by atoms with Crippen LogP contribution in [-0.4, -0.2) is 23.3 Å². The van der Waals surface area contributed by atoms with Crippen LogP contribution in [0, 0.1) is 0 Å². The molecule has 0 saturated carbocycles. The van der Waals surface area contributed by atoms with Gasteiger partial charge in [0.1, 0.15) is 0 Å². The molecule has 134 valence electrons. The highest BCUT2D eigenvalue weighted by Crippen LogP contribution is 2.25. The van der Waals surface area contributed by atoms with Gasteiger partial charge in [0, 0.05) is 25.1 Å². The SMILES string of the molecule is CC(NC(=O)CCN1Cc2ccccc2C1=O)c1ccc2c(c1)CCC2. The molecule has 0 fully saturated rings. The summed E-state index contributed by atoms with van der Waals surface area (Å²) in [5.74, 6) is 0.0156. The number of nitrogens with one attached hydrogen (secondary N) is 1. The van der Waals surface area contributed by atoms with E-state index in [4.69, 9.17) is 0 Å². The Labute approximate surface area is 154 Å². The zero-order valence-electron chi connectivity index (χ0n) is 15.1. The van der Waals surface area contributed by atoms with Crippen molar-refractivity contribution in [1.82, 2.24) is 10.2 Å². The van der Waals surface area contributed by atoms with Gasteiger partial charge in [0.25, 0.3) is 5.91 Å². The first kappa shape index (κ1) is 16.8. The van der Waals surface area contributed by atoms with Crippen molar-refractivity contribution in [2.75, 3.05) is 6.54 Å². The molecule has 2 aliphatic rings. The second-order valence-electron chi connectivity index (χ2n) is 7.30. The molecular weight excluding hydrogens is 324 g/mol. The number of rotatable bonds is 5. The third-order valence-electron chi connectivity index (χ3n) is 5.51. The molecule has 0 bridgehead atoms. The van der Waals surface area contributed by atoms with E-state index in [1.165, 1.54) is 24.0 Å². The summed E-state index contributed by atoms with van der Waals surface area (Å²) in [5, 5.41) is 3.07. The molecule has 4 rings (SSSR count). The number of fused-ring (bicyclic) bond motifs is 2. The Bertz CT molecular complexity index is 859. The Morgan fingerprint density at radius 3 is 2.77 bits per heavy atom. The normalized spacial score (nSPS) is 16.3. The van der Waals surface area contributed by atoms with E-state index in [9.17, 15) is 9.59 Å². The van der Waals surface area contributed by atoms with Crippen LogP contribution in [0.5, 0.6) is 0 Å². The first-order chi connectivity index (χ1) is 12.6. The lowest BCUT2D eigenvalue weighted by molar-refractivity contribution is -0.121. The summed E-state index contributed by atoms with van der Waals surface area (Å²) < 4.78 is 0. The summed E-state index contributed by atoms with van der Waals surface area (Å²) in [7, 11) is 0. The number of hydrogen-bond acceptors (Lipinski definition) is 2. The fourth-order valence-corrected chi connectivity index (χ4v) is 3.99. The van der Waals surface area contributed by atoms with Gasteiger partial charge >= 0.3 is 0 Å². The van der Waals surface area contributed by atoms with Crippen LogP contribution in [0.3, 0.4) is 0 Å². The smallest absolute Gasteiger partial charge is 0.254 e. The molecule has 0 spiro atoms. The highest BCUT2D eigenvalue weighted by Gasteiger charge is 2.27. The van der Waals surface area contributed by atoms with Crippen molar-refractivity contribution < 1.29 is 9.59 Å². The molecule has 1 heterocycles. The van der Waals surface area contributed by atoms with E-state index in [1.54, 1.807) is 4.90 Å². The molecule has 0 saturated heterocycles. The third kappa shape index (κ3) is 3.24. The average molecular weight is 348 g/mol. The van der Waals surface area contributed by atoms with Crippen molar-refractivity contribution in [3.63, 3.8) is 0 Å². The van der Waals surface area contributed by atoms with Gasteiger partial charge in [-0.15, -0.1) is 0 Å². The van der Waals surface area contributed by atoms with E-state index in [-0.39, 0.29) is 17.9 Å². The number of nitrogens with zero attached hydrogens (tertiary/aromatic N) is 1. The Hall–Kier alpha value is -2.62. The van der Waals surface area contributed by atoms with Crippen LogP contribution >= 0.6 is 0 Å². The lowest BCUT2D eigenvalue weighted by Crippen LogP contribution is -2.32. The quantitative estimate of drug-likeness (QED) is 0.900. The number of amides is 2. The minimum absolute atomic E-state index is 0.0123. The van der Waals surface area contributed by atoms with Gasteiger partial charge in [-0.05, 0) is 54.5 Å². The maximum atomic E-state index is 12.4. The van der Waals surface area contributed by atoms with Gasteiger partial charge in [-0.1, -0.05) is 36.4 Å². The molecule has 0 aromatic heterocycles. The zero-order chi connectivity index (χ0) is 18.1. The average Bonchev–Trinajstić information content (AvgIpc) is 3.24. The van der Waals surface area contributed by atoms with Gasteiger partial charge in [0.2, 0.25) is 5.91 Å². The van der Waals surface area contributed by atoms with E-state index < -0.39 is 0 Å². The largest absolute Gasteiger partial charge is 0.350 e. The molecule has 1 aliphatic carbocycles. The van der Waals surface area contributed by atoms with E-state index in [0.29, 0.717) is 19.5 Å². The second kappa shape index (κ2) is 6.94.